The van der Waals surface area contributed by atoms with Crippen LogP contribution in [0.2, 0.25) is 0 Å². The van der Waals surface area contributed by atoms with Gasteiger partial charge in [0.25, 0.3) is 0 Å². The molecule has 0 aromatic heterocycles. The second-order valence-corrected chi connectivity index (χ2v) is 3.98. The van der Waals surface area contributed by atoms with Crippen LogP contribution in [0.1, 0.15) is 45.4 Å². The molecular weight excluding hydrogens is 189 g/mol. The maximum absolute atomic E-state index is 10.3. The number of carbonyl (C=O) groups is 1. The third kappa shape index (κ3) is 6.02. The van der Waals surface area contributed by atoms with Crippen LogP contribution >= 0.6 is 0 Å². The van der Waals surface area contributed by atoms with Crippen molar-refractivity contribution < 1.29 is 39.5 Å². The molecule has 1 aliphatic carbocycles. The summed E-state index contributed by atoms with van der Waals surface area (Å²) >= 11 is 0. The minimum Gasteiger partial charge on any atom is -0.550 e. The van der Waals surface area contributed by atoms with Gasteiger partial charge in [-0.15, -0.1) is 0 Å². The molecule has 1 unspecified atom stereocenters. The largest absolute Gasteiger partial charge is 1.00 e. The fourth-order valence-corrected chi connectivity index (χ4v) is 1.98. The van der Waals surface area contributed by atoms with Crippen molar-refractivity contribution in [2.75, 3.05) is 0 Å². The van der Waals surface area contributed by atoms with Gasteiger partial charge >= 0.3 is 29.6 Å². The summed E-state index contributed by atoms with van der Waals surface area (Å²) in [5.74, 6) is -0.962. The molecule has 0 bridgehead atoms. The van der Waals surface area contributed by atoms with Crippen molar-refractivity contribution >= 4 is 5.97 Å². The molecule has 1 aliphatic rings. The molecule has 0 amide bonds. The van der Waals surface area contributed by atoms with E-state index in [2.05, 4.69) is 5.32 Å². The van der Waals surface area contributed by atoms with Crippen molar-refractivity contribution in [1.29, 1.82) is 0 Å². The van der Waals surface area contributed by atoms with Gasteiger partial charge in [-0.1, -0.05) is 19.3 Å². The maximum Gasteiger partial charge on any atom is 1.00 e. The molecule has 76 valence electrons. The van der Waals surface area contributed by atoms with E-state index in [1.54, 1.807) is 0 Å². The van der Waals surface area contributed by atoms with Gasteiger partial charge in [0.05, 0.1) is 0 Å². The first-order chi connectivity index (χ1) is 6.18. The summed E-state index contributed by atoms with van der Waals surface area (Å²) in [5, 5.41) is 13.6. The molecule has 4 heteroatoms. The number of hydrogen-bond donors (Lipinski definition) is 1. The molecule has 0 aromatic rings. The Morgan fingerprint density at radius 3 is 2.50 bits per heavy atom. The van der Waals surface area contributed by atoms with E-state index in [0.717, 1.165) is 0 Å². The molecule has 0 heterocycles. The quantitative estimate of drug-likeness (QED) is 0.516. The summed E-state index contributed by atoms with van der Waals surface area (Å²) < 4.78 is 0. The van der Waals surface area contributed by atoms with Crippen molar-refractivity contribution in [2.24, 2.45) is 0 Å². The van der Waals surface area contributed by atoms with Gasteiger partial charge < -0.3 is 15.2 Å². The Bertz CT molecular complexity index is 170. The van der Waals surface area contributed by atoms with Crippen LogP contribution in [-0.4, -0.2) is 18.1 Å². The van der Waals surface area contributed by atoms with Gasteiger partial charge in [0.1, 0.15) is 0 Å². The van der Waals surface area contributed by atoms with E-state index in [0.29, 0.717) is 6.04 Å². The summed E-state index contributed by atoms with van der Waals surface area (Å²) in [4.78, 5) is 10.3. The van der Waals surface area contributed by atoms with Crippen LogP contribution in [0.25, 0.3) is 0 Å². The fraction of sp³-hybridized carbons (Fsp3) is 0.900. The zero-order chi connectivity index (χ0) is 9.68. The number of aliphatic carboxylic acids is 1. The van der Waals surface area contributed by atoms with Crippen molar-refractivity contribution in [2.45, 2.75) is 57.5 Å². The van der Waals surface area contributed by atoms with E-state index >= 15 is 0 Å². The van der Waals surface area contributed by atoms with Crippen molar-refractivity contribution in [3.63, 3.8) is 0 Å². The van der Waals surface area contributed by atoms with Gasteiger partial charge in [0.2, 0.25) is 0 Å². The number of carboxylic acids is 1. The van der Waals surface area contributed by atoms with Crippen molar-refractivity contribution in [3.8, 4) is 0 Å². The van der Waals surface area contributed by atoms with Crippen molar-refractivity contribution in [3.05, 3.63) is 0 Å². The molecule has 1 saturated carbocycles. The Morgan fingerprint density at radius 2 is 2.00 bits per heavy atom. The second-order valence-electron chi connectivity index (χ2n) is 3.98. The van der Waals surface area contributed by atoms with E-state index in [1.165, 1.54) is 32.1 Å². The zero-order valence-corrected chi connectivity index (χ0v) is 11.2. The van der Waals surface area contributed by atoms with Crippen LogP contribution in [0.5, 0.6) is 0 Å². The van der Waals surface area contributed by atoms with Gasteiger partial charge in [-0.3, -0.25) is 0 Å². The third-order valence-corrected chi connectivity index (χ3v) is 2.60. The van der Waals surface area contributed by atoms with Crippen LogP contribution in [0.3, 0.4) is 0 Å². The first-order valence-corrected chi connectivity index (χ1v) is 5.14. The first-order valence-electron chi connectivity index (χ1n) is 5.14. The standard InChI is InChI=1S/C10H19NO2.Na/c1-8(7-10(12)13)11-9-5-3-2-4-6-9;/h8-9,11H,2-7H2,1H3,(H,12,13);/q;+1/p-1. The minimum absolute atomic E-state index is 0. The maximum atomic E-state index is 10.3. The van der Waals surface area contributed by atoms with E-state index < -0.39 is 5.97 Å². The molecule has 0 aromatic carbocycles. The fourth-order valence-electron chi connectivity index (χ4n) is 1.98. The molecule has 1 fully saturated rings. The number of rotatable bonds is 4. The number of nitrogens with one attached hydrogen (secondary N) is 1. The zero-order valence-electron chi connectivity index (χ0n) is 9.21. The van der Waals surface area contributed by atoms with Crippen LogP contribution in [0.4, 0.5) is 0 Å². The Balaban J connectivity index is 0.00000169. The number of carbonyl (C=O) groups excluding carboxylic acids is 1. The predicted molar refractivity (Wildman–Crippen MR) is 49.1 cm³/mol. The molecular formula is C10H18NNaO2. The summed E-state index contributed by atoms with van der Waals surface area (Å²) in [6.45, 7) is 1.91. The molecule has 0 spiro atoms. The Labute approximate surface area is 108 Å². The topological polar surface area (TPSA) is 52.2 Å². The average Bonchev–Trinajstić information content (AvgIpc) is 2.04. The van der Waals surface area contributed by atoms with E-state index in [-0.39, 0.29) is 42.0 Å². The van der Waals surface area contributed by atoms with Crippen LogP contribution < -0.4 is 40.0 Å². The Morgan fingerprint density at radius 1 is 1.43 bits per heavy atom. The average molecular weight is 207 g/mol. The summed E-state index contributed by atoms with van der Waals surface area (Å²) in [6.07, 6.45) is 6.38. The third-order valence-electron chi connectivity index (χ3n) is 2.60. The van der Waals surface area contributed by atoms with Gasteiger partial charge in [-0.25, -0.2) is 0 Å². The number of carboxylic acid groups (broad SMARTS) is 1. The monoisotopic (exact) mass is 207 g/mol. The van der Waals surface area contributed by atoms with Crippen LogP contribution in [0, 0.1) is 0 Å². The first kappa shape index (κ1) is 14.4. The van der Waals surface area contributed by atoms with Gasteiger partial charge in [0.15, 0.2) is 0 Å². The number of hydrogen-bond acceptors (Lipinski definition) is 3. The van der Waals surface area contributed by atoms with Crippen molar-refractivity contribution in [1.82, 2.24) is 5.32 Å². The summed E-state index contributed by atoms with van der Waals surface area (Å²) in [7, 11) is 0. The smallest absolute Gasteiger partial charge is 0.550 e. The predicted octanol–water partition coefficient (Wildman–Crippen LogP) is -2.56. The molecule has 14 heavy (non-hydrogen) atoms. The molecule has 0 saturated heterocycles. The van der Waals surface area contributed by atoms with E-state index in [9.17, 15) is 9.90 Å². The molecule has 1 rings (SSSR count). The van der Waals surface area contributed by atoms with Crippen LogP contribution in [-0.2, 0) is 4.79 Å². The minimum atomic E-state index is -0.962. The summed E-state index contributed by atoms with van der Waals surface area (Å²) in [6, 6.07) is 0.580. The van der Waals surface area contributed by atoms with Gasteiger partial charge in [0, 0.05) is 24.5 Å². The normalized spacial score (nSPS) is 19.8. The van der Waals surface area contributed by atoms with E-state index in [4.69, 9.17) is 0 Å². The molecule has 1 N–H and O–H groups in total. The molecule has 1 atom stereocenters. The van der Waals surface area contributed by atoms with E-state index in [1.807, 2.05) is 6.92 Å². The Kier molecular flexibility index (Phi) is 7.92. The SMILES string of the molecule is CC(CC(=O)[O-])NC1CCCCC1.[Na+]. The van der Waals surface area contributed by atoms with Crippen LogP contribution in [0.15, 0.2) is 0 Å². The Hall–Kier alpha value is 0.430. The van der Waals surface area contributed by atoms with Gasteiger partial charge in [-0.2, -0.15) is 0 Å². The molecule has 3 nitrogen and oxygen atoms in total. The molecule has 0 radical (unpaired) electrons. The molecule has 0 aliphatic heterocycles. The second kappa shape index (κ2) is 7.69. The van der Waals surface area contributed by atoms with Gasteiger partial charge in [-0.05, 0) is 19.8 Å². The summed E-state index contributed by atoms with van der Waals surface area (Å²) in [5.41, 5.74) is 0.